The summed E-state index contributed by atoms with van der Waals surface area (Å²) in [5.74, 6) is 0. The van der Waals surface area contributed by atoms with Gasteiger partial charge in [-0.2, -0.15) is 8.42 Å². The minimum Gasteiger partial charge on any atom is -0.368 e. The predicted molar refractivity (Wildman–Crippen MR) is 200 cm³/mol. The number of methoxy groups -OCH3 is 1. The van der Waals surface area contributed by atoms with Crippen molar-refractivity contribution in [3.8, 4) is 0 Å². The Kier molecular flexibility index (Phi) is 12.1. The highest BCUT2D eigenvalue weighted by Crippen LogP contribution is 2.44. The molecule has 8 nitrogen and oxygen atoms in total. The van der Waals surface area contributed by atoms with Crippen LogP contribution >= 0.6 is 0 Å². The SMILES string of the molecule is C=C[C@@]1(OCc2ccccc2)[C@@H]([C@@H](COC(c2ccccc2)(c2ccccc2)c2ccccc2)OCc2ccccc2)O[C@H](OC)[C@@H]1OS(C)(=O)=O. The zero-order chi connectivity index (χ0) is 36.4. The smallest absolute Gasteiger partial charge is 0.264 e. The van der Waals surface area contributed by atoms with Gasteiger partial charge < -0.3 is 23.7 Å². The Labute approximate surface area is 306 Å². The second kappa shape index (κ2) is 16.9. The minimum atomic E-state index is -4.02. The van der Waals surface area contributed by atoms with Crippen molar-refractivity contribution in [2.75, 3.05) is 20.0 Å². The molecule has 1 fully saturated rings. The van der Waals surface area contributed by atoms with E-state index in [1.54, 1.807) is 0 Å². The van der Waals surface area contributed by atoms with E-state index in [0.29, 0.717) is 0 Å². The molecule has 0 bridgehead atoms. The highest BCUT2D eigenvalue weighted by Gasteiger charge is 2.62. The standard InChI is InChI=1S/C43H44O8S/c1-4-42(48-31-34-22-12-6-13-23-34)39(50-41(46-2)40(42)51-52(3,44)45)38(47-30-33-20-10-5-11-21-33)32-49-43(35-24-14-7-15-25-35,36-26-16-8-17-27-36)37-28-18-9-19-29-37/h4-29,38-41H,1,30-32H2,2-3H3/t38-,39-,40+,41+,42-/m1/s1. The summed E-state index contributed by atoms with van der Waals surface area (Å²) < 4.78 is 64.3. The molecule has 5 atom stereocenters. The zero-order valence-electron chi connectivity index (χ0n) is 29.3. The summed E-state index contributed by atoms with van der Waals surface area (Å²) in [6, 6.07) is 49.4. The number of hydrogen-bond donors (Lipinski definition) is 0. The first-order valence-electron chi connectivity index (χ1n) is 17.1. The molecular formula is C43H44O8S. The lowest BCUT2D eigenvalue weighted by Gasteiger charge is -2.41. The highest BCUT2D eigenvalue weighted by molar-refractivity contribution is 7.86. The van der Waals surface area contributed by atoms with Gasteiger partial charge in [0.05, 0.1) is 26.1 Å². The van der Waals surface area contributed by atoms with Crippen molar-refractivity contribution in [2.24, 2.45) is 0 Å². The maximum Gasteiger partial charge on any atom is 0.264 e. The van der Waals surface area contributed by atoms with Crippen LogP contribution in [0.25, 0.3) is 0 Å². The van der Waals surface area contributed by atoms with Crippen LogP contribution in [-0.2, 0) is 56.8 Å². The quantitative estimate of drug-likeness (QED) is 0.0557. The maximum atomic E-state index is 12.8. The summed E-state index contributed by atoms with van der Waals surface area (Å²) in [6.45, 7) is 4.42. The zero-order valence-corrected chi connectivity index (χ0v) is 30.1. The number of rotatable bonds is 17. The number of benzene rings is 5. The molecule has 5 aromatic rings. The van der Waals surface area contributed by atoms with Gasteiger partial charge in [-0.1, -0.05) is 158 Å². The molecule has 1 aliphatic heterocycles. The molecule has 1 saturated heterocycles. The molecule has 1 aliphatic rings. The van der Waals surface area contributed by atoms with Gasteiger partial charge in [-0.15, -0.1) is 6.58 Å². The molecule has 0 N–H and O–H groups in total. The van der Waals surface area contributed by atoms with E-state index in [9.17, 15) is 8.42 Å². The molecule has 270 valence electrons. The van der Waals surface area contributed by atoms with Gasteiger partial charge in [0.25, 0.3) is 10.1 Å². The molecule has 1 heterocycles. The normalized spacial score (nSPS) is 21.1. The molecule has 6 rings (SSSR count). The molecule has 0 aromatic heterocycles. The van der Waals surface area contributed by atoms with Gasteiger partial charge >= 0.3 is 0 Å². The fourth-order valence-electron chi connectivity index (χ4n) is 6.78. The molecule has 52 heavy (non-hydrogen) atoms. The molecule has 5 aromatic carbocycles. The lowest BCUT2D eigenvalue weighted by Crippen LogP contribution is -2.56. The third-order valence-electron chi connectivity index (χ3n) is 9.23. The first kappa shape index (κ1) is 37.3. The van der Waals surface area contributed by atoms with E-state index in [1.165, 1.54) is 13.2 Å². The van der Waals surface area contributed by atoms with Crippen molar-refractivity contribution in [3.05, 3.63) is 192 Å². The summed E-state index contributed by atoms with van der Waals surface area (Å²) in [6.07, 6.45) is -1.77. The fraction of sp³-hybridized carbons (Fsp3) is 0.256. The molecule has 0 radical (unpaired) electrons. The highest BCUT2D eigenvalue weighted by atomic mass is 32.2. The van der Waals surface area contributed by atoms with Gasteiger partial charge in [0.2, 0.25) is 0 Å². The van der Waals surface area contributed by atoms with Crippen LogP contribution in [0, 0.1) is 0 Å². The number of hydrogen-bond acceptors (Lipinski definition) is 8. The molecule has 0 saturated carbocycles. The average Bonchev–Trinajstić information content (AvgIpc) is 3.48. The Morgan fingerprint density at radius 1 is 0.731 bits per heavy atom. The fourth-order valence-corrected chi connectivity index (χ4v) is 7.39. The van der Waals surface area contributed by atoms with Gasteiger partial charge in [-0.25, -0.2) is 0 Å². The summed E-state index contributed by atoms with van der Waals surface area (Å²) in [5.41, 5.74) is 1.85. The third-order valence-corrected chi connectivity index (χ3v) is 9.79. The molecular weight excluding hydrogens is 677 g/mol. The average molecular weight is 721 g/mol. The lowest BCUT2D eigenvalue weighted by atomic mass is 9.80. The second-order valence-corrected chi connectivity index (χ2v) is 14.2. The molecule has 0 amide bonds. The van der Waals surface area contributed by atoms with Gasteiger partial charge in [0.15, 0.2) is 12.4 Å². The van der Waals surface area contributed by atoms with Crippen molar-refractivity contribution in [1.82, 2.24) is 0 Å². The van der Waals surface area contributed by atoms with E-state index in [2.05, 4.69) is 6.58 Å². The Morgan fingerprint density at radius 3 is 1.60 bits per heavy atom. The van der Waals surface area contributed by atoms with Crippen molar-refractivity contribution >= 4 is 10.1 Å². The first-order valence-corrected chi connectivity index (χ1v) is 18.9. The maximum absolute atomic E-state index is 12.8. The van der Waals surface area contributed by atoms with E-state index >= 15 is 0 Å². The molecule has 0 spiro atoms. The Balaban J connectivity index is 1.47. The van der Waals surface area contributed by atoms with Crippen LogP contribution in [0.1, 0.15) is 27.8 Å². The molecule has 9 heteroatoms. The van der Waals surface area contributed by atoms with Crippen LogP contribution in [0.15, 0.2) is 164 Å². The van der Waals surface area contributed by atoms with Gasteiger partial charge in [-0.05, 0) is 27.8 Å². The Hall–Kier alpha value is -4.45. The van der Waals surface area contributed by atoms with Crippen molar-refractivity contribution in [2.45, 2.75) is 49.0 Å². The summed E-state index contributed by atoms with van der Waals surface area (Å²) in [4.78, 5) is 0. The Bertz CT molecular complexity index is 1850. The van der Waals surface area contributed by atoms with E-state index in [4.69, 9.17) is 27.9 Å². The topological polar surface area (TPSA) is 89.5 Å². The van der Waals surface area contributed by atoms with Crippen LogP contribution in [-0.4, -0.2) is 58.6 Å². The van der Waals surface area contributed by atoms with Crippen LogP contribution < -0.4 is 0 Å². The minimum absolute atomic E-state index is 0.0253. The van der Waals surface area contributed by atoms with Crippen LogP contribution in [0.4, 0.5) is 0 Å². The van der Waals surface area contributed by atoms with Crippen molar-refractivity contribution in [1.29, 1.82) is 0 Å². The monoisotopic (exact) mass is 720 g/mol. The van der Waals surface area contributed by atoms with Crippen molar-refractivity contribution < 1.29 is 36.3 Å². The van der Waals surface area contributed by atoms with E-state index in [1.807, 2.05) is 152 Å². The van der Waals surface area contributed by atoms with E-state index in [0.717, 1.165) is 34.1 Å². The lowest BCUT2D eigenvalue weighted by molar-refractivity contribution is -0.191. The summed E-state index contributed by atoms with van der Waals surface area (Å²) in [5, 5.41) is 0. The number of ether oxygens (including phenoxy) is 5. The third kappa shape index (κ3) is 8.27. The van der Waals surface area contributed by atoms with Gasteiger partial charge in [0, 0.05) is 7.11 Å². The van der Waals surface area contributed by atoms with E-state index in [-0.39, 0.29) is 19.8 Å². The van der Waals surface area contributed by atoms with Gasteiger partial charge in [-0.3, -0.25) is 4.18 Å². The predicted octanol–water partition coefficient (Wildman–Crippen LogP) is 7.44. The van der Waals surface area contributed by atoms with Gasteiger partial charge in [0.1, 0.15) is 23.4 Å². The van der Waals surface area contributed by atoms with E-state index < -0.39 is 45.9 Å². The van der Waals surface area contributed by atoms with Crippen molar-refractivity contribution in [3.63, 3.8) is 0 Å². The van der Waals surface area contributed by atoms with Crippen LogP contribution in [0.3, 0.4) is 0 Å². The van der Waals surface area contributed by atoms with Crippen LogP contribution in [0.5, 0.6) is 0 Å². The molecule has 0 unspecified atom stereocenters. The second-order valence-electron chi connectivity index (χ2n) is 12.6. The Morgan fingerprint density at radius 2 is 1.17 bits per heavy atom. The summed E-state index contributed by atoms with van der Waals surface area (Å²) in [7, 11) is -2.59. The summed E-state index contributed by atoms with van der Waals surface area (Å²) >= 11 is 0. The first-order chi connectivity index (χ1) is 25.3. The largest absolute Gasteiger partial charge is 0.368 e. The molecule has 0 aliphatic carbocycles. The van der Waals surface area contributed by atoms with Crippen LogP contribution in [0.2, 0.25) is 0 Å².